The summed E-state index contributed by atoms with van der Waals surface area (Å²) in [6.45, 7) is 9.95. The van der Waals surface area contributed by atoms with Gasteiger partial charge in [0.1, 0.15) is 0 Å². The molecule has 21 heavy (non-hydrogen) atoms. The Balaban J connectivity index is 2.46. The van der Waals surface area contributed by atoms with E-state index < -0.39 is 11.4 Å². The van der Waals surface area contributed by atoms with E-state index in [4.69, 9.17) is 0 Å². The van der Waals surface area contributed by atoms with Crippen LogP contribution < -0.4 is 5.32 Å². The topological polar surface area (TPSA) is 69.6 Å². The molecule has 1 fully saturated rings. The van der Waals surface area contributed by atoms with Crippen LogP contribution in [0.15, 0.2) is 0 Å². The predicted molar refractivity (Wildman–Crippen MR) is 83.1 cm³/mol. The van der Waals surface area contributed by atoms with Gasteiger partial charge in [-0.15, -0.1) is 0 Å². The van der Waals surface area contributed by atoms with Crippen LogP contribution in [0.4, 0.5) is 0 Å². The number of carboxylic acids is 1. The van der Waals surface area contributed by atoms with Crippen LogP contribution in [-0.4, -0.2) is 47.6 Å². The van der Waals surface area contributed by atoms with Gasteiger partial charge >= 0.3 is 5.97 Å². The van der Waals surface area contributed by atoms with Gasteiger partial charge in [0, 0.05) is 6.04 Å². The largest absolute Gasteiger partial charge is 0.481 e. The maximum absolute atomic E-state index is 12.0. The van der Waals surface area contributed by atoms with Gasteiger partial charge in [0.25, 0.3) is 0 Å². The molecule has 5 nitrogen and oxygen atoms in total. The summed E-state index contributed by atoms with van der Waals surface area (Å²) in [6.07, 6.45) is 2.90. The monoisotopic (exact) mass is 298 g/mol. The van der Waals surface area contributed by atoms with Crippen molar-refractivity contribution in [3.05, 3.63) is 0 Å². The zero-order chi connectivity index (χ0) is 16.0. The van der Waals surface area contributed by atoms with Gasteiger partial charge in [0.15, 0.2) is 0 Å². The molecule has 1 unspecified atom stereocenters. The Morgan fingerprint density at radius 1 is 1.24 bits per heavy atom. The molecule has 1 aliphatic rings. The van der Waals surface area contributed by atoms with Crippen molar-refractivity contribution < 1.29 is 14.7 Å². The molecule has 2 N–H and O–H groups in total. The van der Waals surface area contributed by atoms with Crippen molar-refractivity contribution >= 4 is 11.9 Å². The molecule has 0 saturated carbocycles. The average Bonchev–Trinajstić information content (AvgIpc) is 2.40. The van der Waals surface area contributed by atoms with E-state index in [0.29, 0.717) is 38.4 Å². The smallest absolute Gasteiger partial charge is 0.309 e. The number of carboxylic acid groups (broad SMARTS) is 1. The molecule has 1 heterocycles. The van der Waals surface area contributed by atoms with Crippen LogP contribution in [0, 0.1) is 11.3 Å². The maximum Gasteiger partial charge on any atom is 0.309 e. The Labute approximate surface area is 128 Å². The number of amides is 1. The summed E-state index contributed by atoms with van der Waals surface area (Å²) in [4.78, 5) is 25.6. The van der Waals surface area contributed by atoms with Gasteiger partial charge in [-0.3, -0.25) is 14.5 Å². The lowest BCUT2D eigenvalue weighted by atomic mass is 9.75. The SMILES string of the molecule is CCCC1(C(=O)O)CCN(CC(=O)NC(C)C(C)C)CC1. The summed E-state index contributed by atoms with van der Waals surface area (Å²) in [5, 5.41) is 12.5. The van der Waals surface area contributed by atoms with E-state index in [9.17, 15) is 14.7 Å². The van der Waals surface area contributed by atoms with Crippen LogP contribution >= 0.6 is 0 Å². The molecular weight excluding hydrogens is 268 g/mol. The quantitative estimate of drug-likeness (QED) is 0.755. The Hall–Kier alpha value is -1.10. The number of likely N-dealkylation sites (tertiary alicyclic amines) is 1. The zero-order valence-corrected chi connectivity index (χ0v) is 13.8. The van der Waals surface area contributed by atoms with Crippen molar-refractivity contribution in [1.29, 1.82) is 0 Å². The van der Waals surface area contributed by atoms with E-state index in [1.54, 1.807) is 0 Å². The summed E-state index contributed by atoms with van der Waals surface area (Å²) >= 11 is 0. The molecule has 1 saturated heterocycles. The lowest BCUT2D eigenvalue weighted by Crippen LogP contribution is -2.48. The number of nitrogens with zero attached hydrogens (tertiary/aromatic N) is 1. The fourth-order valence-corrected chi connectivity index (χ4v) is 2.86. The van der Waals surface area contributed by atoms with Gasteiger partial charge in [-0.25, -0.2) is 0 Å². The first kappa shape index (κ1) is 18.0. The number of piperidine rings is 1. The molecule has 1 atom stereocenters. The van der Waals surface area contributed by atoms with E-state index >= 15 is 0 Å². The third kappa shape index (κ3) is 4.99. The Kier molecular flexibility index (Phi) is 6.65. The Morgan fingerprint density at radius 2 is 1.81 bits per heavy atom. The summed E-state index contributed by atoms with van der Waals surface area (Å²) in [7, 11) is 0. The minimum absolute atomic E-state index is 0.0366. The third-order valence-electron chi connectivity index (χ3n) is 4.75. The number of hydrogen-bond donors (Lipinski definition) is 2. The molecule has 1 amide bonds. The highest BCUT2D eigenvalue weighted by atomic mass is 16.4. The average molecular weight is 298 g/mol. The molecular formula is C16H30N2O3. The fraction of sp³-hybridized carbons (Fsp3) is 0.875. The fourth-order valence-electron chi connectivity index (χ4n) is 2.86. The summed E-state index contributed by atoms with van der Waals surface area (Å²) in [5.41, 5.74) is -0.576. The first-order valence-corrected chi connectivity index (χ1v) is 8.06. The zero-order valence-electron chi connectivity index (χ0n) is 13.8. The number of aliphatic carboxylic acids is 1. The molecule has 0 aromatic heterocycles. The molecule has 1 rings (SSSR count). The number of carbonyl (C=O) groups is 2. The molecule has 1 aliphatic heterocycles. The van der Waals surface area contributed by atoms with Crippen LogP contribution in [0.2, 0.25) is 0 Å². The van der Waals surface area contributed by atoms with Gasteiger partial charge in [-0.1, -0.05) is 27.2 Å². The third-order valence-corrected chi connectivity index (χ3v) is 4.75. The van der Waals surface area contributed by atoms with Crippen LogP contribution in [0.3, 0.4) is 0 Å². The van der Waals surface area contributed by atoms with Crippen LogP contribution in [-0.2, 0) is 9.59 Å². The molecule has 0 aromatic rings. The van der Waals surface area contributed by atoms with E-state index in [1.165, 1.54) is 0 Å². The van der Waals surface area contributed by atoms with E-state index in [1.807, 2.05) is 13.8 Å². The molecule has 122 valence electrons. The number of carbonyl (C=O) groups excluding carboxylic acids is 1. The predicted octanol–water partition coefficient (Wildman–Crippen LogP) is 2.11. The highest BCUT2D eigenvalue weighted by Gasteiger charge is 2.40. The molecule has 0 radical (unpaired) electrons. The molecule has 0 bridgehead atoms. The molecule has 0 aromatic carbocycles. The molecule has 5 heteroatoms. The van der Waals surface area contributed by atoms with Crippen molar-refractivity contribution in [1.82, 2.24) is 10.2 Å². The Bertz CT molecular complexity index is 361. The van der Waals surface area contributed by atoms with Gasteiger partial charge in [-0.2, -0.15) is 0 Å². The van der Waals surface area contributed by atoms with E-state index in [0.717, 1.165) is 12.8 Å². The van der Waals surface area contributed by atoms with Crippen molar-refractivity contribution in [2.75, 3.05) is 19.6 Å². The summed E-state index contributed by atoms with van der Waals surface area (Å²) < 4.78 is 0. The van der Waals surface area contributed by atoms with E-state index in [-0.39, 0.29) is 11.9 Å². The first-order chi connectivity index (χ1) is 9.80. The highest BCUT2D eigenvalue weighted by Crippen LogP contribution is 2.36. The second kappa shape index (κ2) is 7.78. The van der Waals surface area contributed by atoms with Gasteiger partial charge in [0.05, 0.1) is 12.0 Å². The van der Waals surface area contributed by atoms with Gasteiger partial charge < -0.3 is 10.4 Å². The lowest BCUT2D eigenvalue weighted by Gasteiger charge is -2.38. The standard InChI is InChI=1S/C16H30N2O3/c1-5-6-16(15(20)21)7-9-18(10-8-16)11-14(19)17-13(4)12(2)3/h12-13H,5-11H2,1-4H3,(H,17,19)(H,20,21). The van der Waals surface area contributed by atoms with Crippen molar-refractivity contribution in [3.63, 3.8) is 0 Å². The minimum atomic E-state index is -0.679. The van der Waals surface area contributed by atoms with Crippen LogP contribution in [0.25, 0.3) is 0 Å². The molecule has 0 aliphatic carbocycles. The Morgan fingerprint density at radius 3 is 2.24 bits per heavy atom. The van der Waals surface area contributed by atoms with Crippen LogP contribution in [0.1, 0.15) is 53.4 Å². The number of nitrogens with one attached hydrogen (secondary N) is 1. The summed E-state index contributed by atoms with van der Waals surface area (Å²) in [5.74, 6) is -0.226. The van der Waals surface area contributed by atoms with Crippen molar-refractivity contribution in [3.8, 4) is 0 Å². The second-order valence-electron chi connectivity index (χ2n) is 6.71. The normalized spacial score (nSPS) is 20.2. The second-order valence-corrected chi connectivity index (χ2v) is 6.71. The van der Waals surface area contributed by atoms with Crippen molar-refractivity contribution in [2.45, 2.75) is 59.4 Å². The van der Waals surface area contributed by atoms with Gasteiger partial charge in [-0.05, 0) is 45.2 Å². The number of hydrogen-bond acceptors (Lipinski definition) is 3. The minimum Gasteiger partial charge on any atom is -0.481 e. The first-order valence-electron chi connectivity index (χ1n) is 8.06. The van der Waals surface area contributed by atoms with Crippen LogP contribution in [0.5, 0.6) is 0 Å². The molecule has 0 spiro atoms. The maximum atomic E-state index is 12.0. The number of rotatable bonds is 7. The van der Waals surface area contributed by atoms with E-state index in [2.05, 4.69) is 24.1 Å². The van der Waals surface area contributed by atoms with Crippen molar-refractivity contribution in [2.24, 2.45) is 11.3 Å². The van der Waals surface area contributed by atoms with Gasteiger partial charge in [0.2, 0.25) is 5.91 Å². The summed E-state index contributed by atoms with van der Waals surface area (Å²) in [6, 6.07) is 0.167. The lowest BCUT2D eigenvalue weighted by molar-refractivity contribution is -0.152. The highest BCUT2D eigenvalue weighted by molar-refractivity contribution is 5.78.